The highest BCUT2D eigenvalue weighted by molar-refractivity contribution is 7.20. The molecule has 26 heavy (non-hydrogen) atoms. The zero-order valence-electron chi connectivity index (χ0n) is 14.0. The molecule has 2 aromatic carbocycles. The molecule has 1 heterocycles. The number of nitrogens with zero attached hydrogens (tertiary/aromatic N) is 1. The van der Waals surface area contributed by atoms with Crippen LogP contribution in [0.1, 0.15) is 19.4 Å². The summed E-state index contributed by atoms with van der Waals surface area (Å²) in [6.45, 7) is 3.70. The maximum atomic E-state index is 13.3. The summed E-state index contributed by atoms with van der Waals surface area (Å²) in [5, 5.41) is 13.0. The van der Waals surface area contributed by atoms with E-state index in [4.69, 9.17) is 4.74 Å². The van der Waals surface area contributed by atoms with Crippen LogP contribution in [0.15, 0.2) is 30.3 Å². The van der Waals surface area contributed by atoms with E-state index >= 15 is 0 Å². The van der Waals surface area contributed by atoms with Crippen molar-refractivity contribution in [2.45, 2.75) is 26.3 Å². The van der Waals surface area contributed by atoms with E-state index < -0.39 is 11.6 Å². The lowest BCUT2D eigenvalue weighted by molar-refractivity contribution is -0.120. The molecule has 0 fully saturated rings. The van der Waals surface area contributed by atoms with Crippen LogP contribution in [0.25, 0.3) is 10.2 Å². The van der Waals surface area contributed by atoms with Gasteiger partial charge in [-0.2, -0.15) is 0 Å². The topological polar surface area (TPSA) is 71.5 Å². The number of ether oxygens (including phenoxy) is 1. The molecule has 3 aromatic rings. The van der Waals surface area contributed by atoms with Crippen LogP contribution in [0.4, 0.5) is 8.78 Å². The Morgan fingerprint density at radius 2 is 2.00 bits per heavy atom. The summed E-state index contributed by atoms with van der Waals surface area (Å²) in [5.41, 5.74) is 0.749. The van der Waals surface area contributed by atoms with Gasteiger partial charge < -0.3 is 15.2 Å². The van der Waals surface area contributed by atoms with Gasteiger partial charge in [-0.25, -0.2) is 13.8 Å². The maximum absolute atomic E-state index is 13.3. The Morgan fingerprint density at radius 1 is 1.27 bits per heavy atom. The first-order chi connectivity index (χ1) is 12.3. The Kier molecular flexibility index (Phi) is 5.03. The SMILES string of the molecule is CC(C)NC(=O)Cc1ccc(Oc2nc3cc(F)c(F)cc3s2)cc1O. The molecule has 0 saturated carbocycles. The van der Waals surface area contributed by atoms with Gasteiger partial charge in [0.05, 0.1) is 16.6 Å². The molecule has 0 spiro atoms. The van der Waals surface area contributed by atoms with Crippen molar-refractivity contribution in [2.24, 2.45) is 0 Å². The molecular formula is C18H16F2N2O3S. The number of benzene rings is 2. The van der Waals surface area contributed by atoms with Crippen LogP contribution in [-0.2, 0) is 11.2 Å². The molecule has 5 nitrogen and oxygen atoms in total. The second kappa shape index (κ2) is 7.25. The molecule has 0 saturated heterocycles. The standard InChI is InChI=1S/C18H16F2N2O3S/c1-9(2)21-17(24)5-10-3-4-11(6-15(10)23)25-18-22-14-7-12(19)13(20)8-16(14)26-18/h3-4,6-9,23H,5H2,1-2H3,(H,21,24). The molecule has 1 amide bonds. The van der Waals surface area contributed by atoms with Gasteiger partial charge >= 0.3 is 0 Å². The summed E-state index contributed by atoms with van der Waals surface area (Å²) in [6, 6.07) is 6.61. The fourth-order valence-corrected chi connectivity index (χ4v) is 3.19. The highest BCUT2D eigenvalue weighted by atomic mass is 32.1. The summed E-state index contributed by atoms with van der Waals surface area (Å²) in [7, 11) is 0. The van der Waals surface area contributed by atoms with E-state index in [0.29, 0.717) is 16.0 Å². The number of phenols is 1. The highest BCUT2D eigenvalue weighted by Gasteiger charge is 2.13. The van der Waals surface area contributed by atoms with Crippen LogP contribution in [0, 0.1) is 11.6 Å². The number of halogens is 2. The number of carbonyl (C=O) groups is 1. The molecule has 2 N–H and O–H groups in total. The van der Waals surface area contributed by atoms with Gasteiger partial charge in [0.1, 0.15) is 11.5 Å². The summed E-state index contributed by atoms with van der Waals surface area (Å²) in [5.74, 6) is -1.90. The second-order valence-corrected chi connectivity index (χ2v) is 7.00. The minimum atomic E-state index is -0.976. The Morgan fingerprint density at radius 3 is 2.69 bits per heavy atom. The molecule has 0 atom stereocenters. The van der Waals surface area contributed by atoms with Crippen molar-refractivity contribution >= 4 is 27.5 Å². The third kappa shape index (κ3) is 4.08. The normalized spacial score (nSPS) is 11.1. The molecule has 0 unspecified atom stereocenters. The first-order valence-corrected chi connectivity index (χ1v) is 8.68. The number of aromatic nitrogens is 1. The van der Waals surface area contributed by atoms with Gasteiger partial charge in [-0.1, -0.05) is 17.4 Å². The predicted octanol–water partition coefficient (Wildman–Crippen LogP) is 4.14. The Bertz CT molecular complexity index is 933. The summed E-state index contributed by atoms with van der Waals surface area (Å²) < 4.78 is 32.5. The zero-order chi connectivity index (χ0) is 18.8. The van der Waals surface area contributed by atoms with Crippen LogP contribution < -0.4 is 10.1 Å². The van der Waals surface area contributed by atoms with Crippen molar-refractivity contribution in [3.63, 3.8) is 0 Å². The third-order valence-corrected chi connectivity index (χ3v) is 4.37. The monoisotopic (exact) mass is 378 g/mol. The van der Waals surface area contributed by atoms with Gasteiger partial charge in [0.15, 0.2) is 11.6 Å². The lowest BCUT2D eigenvalue weighted by Crippen LogP contribution is -2.31. The summed E-state index contributed by atoms with van der Waals surface area (Å²) in [6.07, 6.45) is 0.0456. The van der Waals surface area contributed by atoms with Gasteiger partial charge in [0.25, 0.3) is 5.19 Å². The van der Waals surface area contributed by atoms with Gasteiger partial charge in [-0.3, -0.25) is 4.79 Å². The summed E-state index contributed by atoms with van der Waals surface area (Å²) >= 11 is 1.06. The van der Waals surface area contributed by atoms with Crippen molar-refractivity contribution in [2.75, 3.05) is 0 Å². The van der Waals surface area contributed by atoms with Crippen LogP contribution >= 0.6 is 11.3 Å². The largest absolute Gasteiger partial charge is 0.508 e. The van der Waals surface area contributed by atoms with Crippen molar-refractivity contribution in [1.82, 2.24) is 10.3 Å². The molecule has 0 aliphatic rings. The van der Waals surface area contributed by atoms with E-state index in [1.807, 2.05) is 13.8 Å². The smallest absolute Gasteiger partial charge is 0.279 e. The molecule has 0 bridgehead atoms. The number of phenolic OH excluding ortho intramolecular Hbond substituents is 1. The number of nitrogens with one attached hydrogen (secondary N) is 1. The number of hydrogen-bond donors (Lipinski definition) is 2. The number of amides is 1. The van der Waals surface area contributed by atoms with Gasteiger partial charge in [0.2, 0.25) is 5.91 Å². The molecule has 1 aromatic heterocycles. The molecule has 0 aliphatic carbocycles. The molecule has 136 valence electrons. The van der Waals surface area contributed by atoms with E-state index in [1.54, 1.807) is 12.1 Å². The molecule has 3 rings (SSSR count). The number of fused-ring (bicyclic) bond motifs is 1. The minimum absolute atomic E-state index is 0.0148. The number of carbonyl (C=O) groups excluding carboxylic acids is 1. The average Bonchev–Trinajstić information content (AvgIpc) is 2.91. The highest BCUT2D eigenvalue weighted by Crippen LogP contribution is 2.34. The van der Waals surface area contributed by atoms with Crippen LogP contribution in [0.2, 0.25) is 0 Å². The van der Waals surface area contributed by atoms with Gasteiger partial charge in [-0.15, -0.1) is 0 Å². The second-order valence-electron chi connectivity index (χ2n) is 6.01. The van der Waals surface area contributed by atoms with Crippen LogP contribution in [0.5, 0.6) is 16.7 Å². The van der Waals surface area contributed by atoms with Crippen molar-refractivity contribution in [3.8, 4) is 16.7 Å². The van der Waals surface area contributed by atoms with E-state index in [1.165, 1.54) is 6.07 Å². The Labute approximate surface area is 152 Å². The minimum Gasteiger partial charge on any atom is -0.508 e. The number of rotatable bonds is 5. The van der Waals surface area contributed by atoms with Crippen molar-refractivity contribution in [1.29, 1.82) is 0 Å². The Balaban J connectivity index is 1.76. The fourth-order valence-electron chi connectivity index (χ4n) is 2.35. The van der Waals surface area contributed by atoms with E-state index in [0.717, 1.165) is 23.5 Å². The summed E-state index contributed by atoms with van der Waals surface area (Å²) in [4.78, 5) is 15.9. The van der Waals surface area contributed by atoms with E-state index in [2.05, 4.69) is 10.3 Å². The van der Waals surface area contributed by atoms with Crippen LogP contribution in [-0.4, -0.2) is 22.0 Å². The average molecular weight is 378 g/mol. The molecule has 0 radical (unpaired) electrons. The molecule has 0 aliphatic heterocycles. The fraction of sp³-hybridized carbons (Fsp3) is 0.222. The van der Waals surface area contributed by atoms with E-state index in [9.17, 15) is 18.7 Å². The van der Waals surface area contributed by atoms with Gasteiger partial charge in [0, 0.05) is 23.7 Å². The van der Waals surface area contributed by atoms with Crippen molar-refractivity contribution in [3.05, 3.63) is 47.5 Å². The number of thiazole rings is 1. The third-order valence-electron chi connectivity index (χ3n) is 3.47. The van der Waals surface area contributed by atoms with E-state index in [-0.39, 0.29) is 34.8 Å². The zero-order valence-corrected chi connectivity index (χ0v) is 14.9. The first-order valence-electron chi connectivity index (χ1n) is 7.86. The lowest BCUT2D eigenvalue weighted by atomic mass is 10.1. The lowest BCUT2D eigenvalue weighted by Gasteiger charge is -2.10. The van der Waals surface area contributed by atoms with Gasteiger partial charge in [-0.05, 0) is 26.0 Å². The Hall–Kier alpha value is -2.74. The quantitative estimate of drug-likeness (QED) is 0.700. The number of aromatic hydroxyl groups is 1. The van der Waals surface area contributed by atoms with Crippen molar-refractivity contribution < 1.29 is 23.4 Å². The molecule has 8 heteroatoms. The maximum Gasteiger partial charge on any atom is 0.279 e. The number of hydrogen-bond acceptors (Lipinski definition) is 5. The molecular weight excluding hydrogens is 362 g/mol. The van der Waals surface area contributed by atoms with Crippen LogP contribution in [0.3, 0.4) is 0 Å². The first kappa shape index (κ1) is 18.1. The predicted molar refractivity (Wildman–Crippen MR) is 94.7 cm³/mol.